The first-order chi connectivity index (χ1) is 9.28. The van der Waals surface area contributed by atoms with E-state index in [0.717, 1.165) is 5.82 Å². The third kappa shape index (κ3) is 2.28. The van der Waals surface area contributed by atoms with Crippen molar-refractivity contribution >= 4 is 11.5 Å². The maximum absolute atomic E-state index is 5.18. The molecule has 19 heavy (non-hydrogen) atoms. The predicted octanol–water partition coefficient (Wildman–Crippen LogP) is 3.35. The van der Waals surface area contributed by atoms with Crippen molar-refractivity contribution in [2.24, 2.45) is 0 Å². The van der Waals surface area contributed by atoms with Crippen molar-refractivity contribution in [1.29, 1.82) is 0 Å². The number of anilines is 2. The zero-order valence-corrected chi connectivity index (χ0v) is 11.4. The molecule has 0 amide bonds. The van der Waals surface area contributed by atoms with Crippen molar-refractivity contribution in [2.45, 2.75) is 19.3 Å². The monoisotopic (exact) mass is 254 g/mol. The highest BCUT2D eigenvalue weighted by atomic mass is 16.5. The van der Waals surface area contributed by atoms with Crippen LogP contribution in [0.1, 0.15) is 17.5 Å². The van der Waals surface area contributed by atoms with Crippen LogP contribution in [0.3, 0.4) is 0 Å². The molecule has 3 heteroatoms. The molecule has 1 aromatic heterocycles. The van der Waals surface area contributed by atoms with Gasteiger partial charge in [-0.2, -0.15) is 4.98 Å². The average molecular weight is 254 g/mol. The third-order valence-corrected chi connectivity index (χ3v) is 3.73. The van der Waals surface area contributed by atoms with E-state index in [-0.39, 0.29) is 0 Å². The lowest BCUT2D eigenvalue weighted by atomic mass is 10.1. The van der Waals surface area contributed by atoms with Gasteiger partial charge in [0, 0.05) is 18.8 Å². The fourth-order valence-electron chi connectivity index (χ4n) is 2.60. The molecule has 0 spiro atoms. The minimum absolute atomic E-state index is 0.644. The predicted molar refractivity (Wildman–Crippen MR) is 77.3 cm³/mol. The van der Waals surface area contributed by atoms with Gasteiger partial charge in [0.2, 0.25) is 5.88 Å². The van der Waals surface area contributed by atoms with Crippen molar-refractivity contribution in [3.05, 3.63) is 47.5 Å². The summed E-state index contributed by atoms with van der Waals surface area (Å²) < 4.78 is 5.18. The number of fused-ring (bicyclic) bond motifs is 1. The molecule has 3 rings (SSSR count). The van der Waals surface area contributed by atoms with Crippen LogP contribution in [0.25, 0.3) is 0 Å². The Morgan fingerprint density at radius 1 is 1.11 bits per heavy atom. The van der Waals surface area contributed by atoms with E-state index >= 15 is 0 Å². The Morgan fingerprint density at radius 2 is 1.95 bits per heavy atom. The molecule has 0 radical (unpaired) electrons. The molecule has 2 aromatic rings. The van der Waals surface area contributed by atoms with Crippen LogP contribution in [0.2, 0.25) is 0 Å². The summed E-state index contributed by atoms with van der Waals surface area (Å²) in [5.41, 5.74) is 4.16. The molecule has 1 aliphatic rings. The largest absolute Gasteiger partial charge is 0.481 e. The topological polar surface area (TPSA) is 25.4 Å². The first kappa shape index (κ1) is 12.0. The maximum atomic E-state index is 5.18. The fourth-order valence-corrected chi connectivity index (χ4v) is 2.60. The van der Waals surface area contributed by atoms with E-state index in [2.05, 4.69) is 28.1 Å². The summed E-state index contributed by atoms with van der Waals surface area (Å²) in [6, 6.07) is 12.5. The number of nitrogens with zero attached hydrogens (tertiary/aromatic N) is 2. The van der Waals surface area contributed by atoms with Crippen LogP contribution in [-0.2, 0) is 12.8 Å². The summed E-state index contributed by atoms with van der Waals surface area (Å²) in [4.78, 5) is 6.56. The molecule has 0 bridgehead atoms. The Balaban J connectivity index is 1.92. The second kappa shape index (κ2) is 4.92. The molecule has 1 aromatic carbocycles. The Bertz CT molecular complexity index is 595. The van der Waals surface area contributed by atoms with E-state index < -0.39 is 0 Å². The Labute approximate surface area is 113 Å². The van der Waals surface area contributed by atoms with E-state index in [9.17, 15) is 0 Å². The van der Waals surface area contributed by atoms with Crippen LogP contribution in [0.5, 0.6) is 5.88 Å². The van der Waals surface area contributed by atoms with Crippen molar-refractivity contribution < 1.29 is 4.74 Å². The van der Waals surface area contributed by atoms with Gasteiger partial charge in [0.15, 0.2) is 0 Å². The van der Waals surface area contributed by atoms with E-state index in [1.807, 2.05) is 25.2 Å². The smallest absolute Gasteiger partial charge is 0.214 e. The number of benzene rings is 1. The number of rotatable bonds is 3. The number of pyridine rings is 1. The lowest BCUT2D eigenvalue weighted by Gasteiger charge is -2.19. The van der Waals surface area contributed by atoms with E-state index in [0.29, 0.717) is 5.88 Å². The van der Waals surface area contributed by atoms with Gasteiger partial charge < -0.3 is 9.64 Å². The van der Waals surface area contributed by atoms with Gasteiger partial charge in [-0.05, 0) is 48.6 Å². The maximum Gasteiger partial charge on any atom is 0.214 e. The minimum Gasteiger partial charge on any atom is -0.481 e. The van der Waals surface area contributed by atoms with Gasteiger partial charge in [-0.3, -0.25) is 0 Å². The van der Waals surface area contributed by atoms with Crippen molar-refractivity contribution in [1.82, 2.24) is 4.98 Å². The SMILES string of the molecule is COc1cccc(N(C)c2ccc3c(c2)CCC3)n1. The second-order valence-electron chi connectivity index (χ2n) is 4.90. The highest BCUT2D eigenvalue weighted by Crippen LogP contribution is 2.29. The first-order valence-corrected chi connectivity index (χ1v) is 6.64. The molecular weight excluding hydrogens is 236 g/mol. The molecule has 0 atom stereocenters. The summed E-state index contributed by atoms with van der Waals surface area (Å²) >= 11 is 0. The molecule has 0 saturated heterocycles. The van der Waals surface area contributed by atoms with Crippen LogP contribution in [0.15, 0.2) is 36.4 Å². The highest BCUT2D eigenvalue weighted by Gasteiger charge is 2.13. The highest BCUT2D eigenvalue weighted by molar-refractivity contribution is 5.61. The number of aryl methyl sites for hydroxylation is 2. The molecule has 0 aliphatic heterocycles. The van der Waals surface area contributed by atoms with E-state index in [4.69, 9.17) is 4.74 Å². The normalized spacial score (nSPS) is 13.2. The zero-order valence-electron chi connectivity index (χ0n) is 11.4. The van der Waals surface area contributed by atoms with Crippen molar-refractivity contribution in [3.8, 4) is 5.88 Å². The summed E-state index contributed by atoms with van der Waals surface area (Å²) in [5.74, 6) is 1.54. The van der Waals surface area contributed by atoms with E-state index in [1.165, 1.54) is 36.1 Å². The van der Waals surface area contributed by atoms with Crippen LogP contribution >= 0.6 is 0 Å². The van der Waals surface area contributed by atoms with E-state index in [1.54, 1.807) is 7.11 Å². The van der Waals surface area contributed by atoms with Gasteiger partial charge in [0.1, 0.15) is 5.82 Å². The van der Waals surface area contributed by atoms with Crippen LogP contribution in [0.4, 0.5) is 11.5 Å². The average Bonchev–Trinajstić information content (AvgIpc) is 2.94. The molecule has 98 valence electrons. The van der Waals surface area contributed by atoms with Gasteiger partial charge in [-0.25, -0.2) is 0 Å². The van der Waals surface area contributed by atoms with Gasteiger partial charge in [-0.1, -0.05) is 12.1 Å². The zero-order chi connectivity index (χ0) is 13.2. The number of hydrogen-bond acceptors (Lipinski definition) is 3. The van der Waals surface area contributed by atoms with Crippen LogP contribution in [-0.4, -0.2) is 19.1 Å². The second-order valence-corrected chi connectivity index (χ2v) is 4.90. The Hall–Kier alpha value is -2.03. The minimum atomic E-state index is 0.644. The molecule has 0 saturated carbocycles. The number of hydrogen-bond donors (Lipinski definition) is 0. The third-order valence-electron chi connectivity index (χ3n) is 3.73. The molecule has 1 heterocycles. The number of ether oxygens (including phenoxy) is 1. The van der Waals surface area contributed by atoms with Gasteiger partial charge >= 0.3 is 0 Å². The number of methoxy groups -OCH3 is 1. The molecule has 3 nitrogen and oxygen atoms in total. The lowest BCUT2D eigenvalue weighted by Crippen LogP contribution is -2.11. The van der Waals surface area contributed by atoms with Crippen molar-refractivity contribution in [3.63, 3.8) is 0 Å². The number of aromatic nitrogens is 1. The summed E-state index contributed by atoms with van der Waals surface area (Å²) in [6.07, 6.45) is 3.69. The molecule has 0 fully saturated rings. The van der Waals surface area contributed by atoms with Gasteiger partial charge in [0.25, 0.3) is 0 Å². The van der Waals surface area contributed by atoms with Gasteiger partial charge in [0.05, 0.1) is 7.11 Å². The molecule has 1 aliphatic carbocycles. The molecule has 0 unspecified atom stereocenters. The van der Waals surface area contributed by atoms with Crippen LogP contribution < -0.4 is 9.64 Å². The first-order valence-electron chi connectivity index (χ1n) is 6.64. The fraction of sp³-hybridized carbons (Fsp3) is 0.312. The van der Waals surface area contributed by atoms with Gasteiger partial charge in [-0.15, -0.1) is 0 Å². The summed E-state index contributed by atoms with van der Waals surface area (Å²) in [6.45, 7) is 0. The van der Waals surface area contributed by atoms with Crippen molar-refractivity contribution in [2.75, 3.05) is 19.1 Å². The molecule has 0 N–H and O–H groups in total. The summed E-state index contributed by atoms with van der Waals surface area (Å²) in [7, 11) is 3.68. The lowest BCUT2D eigenvalue weighted by molar-refractivity contribution is 0.398. The molecular formula is C16H18N2O. The summed E-state index contributed by atoms with van der Waals surface area (Å²) in [5, 5.41) is 0. The quantitative estimate of drug-likeness (QED) is 0.840. The Morgan fingerprint density at radius 3 is 2.79 bits per heavy atom. The van der Waals surface area contributed by atoms with Crippen LogP contribution in [0, 0.1) is 0 Å². The Kier molecular flexibility index (Phi) is 3.11. The standard InChI is InChI=1S/C16H18N2O/c1-18(15-7-4-8-16(17-15)19-2)14-10-9-12-5-3-6-13(12)11-14/h4,7-11H,3,5-6H2,1-2H3.